The van der Waals surface area contributed by atoms with Gasteiger partial charge in [0, 0.05) is 26.1 Å². The first kappa shape index (κ1) is 23.8. The van der Waals surface area contributed by atoms with Gasteiger partial charge in [-0.25, -0.2) is 0 Å². The summed E-state index contributed by atoms with van der Waals surface area (Å²) >= 11 is 0. The van der Waals surface area contributed by atoms with E-state index in [-0.39, 0.29) is 24.5 Å². The van der Waals surface area contributed by atoms with Crippen LogP contribution in [0.1, 0.15) is 62.4 Å². The highest BCUT2D eigenvalue weighted by Crippen LogP contribution is 2.38. The van der Waals surface area contributed by atoms with Crippen molar-refractivity contribution in [3.63, 3.8) is 0 Å². The van der Waals surface area contributed by atoms with E-state index in [0.717, 1.165) is 17.5 Å². The van der Waals surface area contributed by atoms with Gasteiger partial charge in [-0.2, -0.15) is 0 Å². The lowest BCUT2D eigenvalue weighted by Crippen LogP contribution is -2.41. The van der Waals surface area contributed by atoms with Gasteiger partial charge in [0.05, 0.1) is 6.04 Å². The zero-order chi connectivity index (χ0) is 23.3. The van der Waals surface area contributed by atoms with E-state index in [1.807, 2.05) is 30.9 Å². The normalized spacial score (nSPS) is 15.4. The van der Waals surface area contributed by atoms with Crippen LogP contribution in [0.4, 0.5) is 0 Å². The van der Waals surface area contributed by atoms with Gasteiger partial charge in [-0.3, -0.25) is 9.59 Å². The van der Waals surface area contributed by atoms with Gasteiger partial charge >= 0.3 is 0 Å². The highest BCUT2D eigenvalue weighted by atomic mass is 16.5. The molecule has 0 spiro atoms. The topological polar surface area (TPSA) is 49.9 Å². The van der Waals surface area contributed by atoms with Crippen LogP contribution in [0.3, 0.4) is 0 Å². The second kappa shape index (κ2) is 10.7. The number of aryl methyl sites for hydroxylation is 1. The molecule has 5 heteroatoms. The van der Waals surface area contributed by atoms with Crippen molar-refractivity contribution in [2.45, 2.75) is 53.5 Å². The molecule has 0 radical (unpaired) electrons. The first-order chi connectivity index (χ1) is 15.3. The van der Waals surface area contributed by atoms with Crippen LogP contribution in [0.5, 0.6) is 5.75 Å². The summed E-state index contributed by atoms with van der Waals surface area (Å²) in [5, 5.41) is 0. The maximum atomic E-state index is 13.2. The molecule has 2 aromatic rings. The quantitative estimate of drug-likeness (QED) is 0.599. The average molecular weight is 437 g/mol. The largest absolute Gasteiger partial charge is 0.484 e. The smallest absolute Gasteiger partial charge is 0.260 e. The number of hydrogen-bond acceptors (Lipinski definition) is 3. The third kappa shape index (κ3) is 5.50. The maximum absolute atomic E-state index is 13.2. The summed E-state index contributed by atoms with van der Waals surface area (Å²) in [4.78, 5) is 29.3. The van der Waals surface area contributed by atoms with E-state index in [2.05, 4.69) is 51.1 Å². The number of carbonyl (C=O) groups is 2. The Balaban J connectivity index is 1.92. The molecule has 0 saturated carbocycles. The minimum atomic E-state index is -0.146. The van der Waals surface area contributed by atoms with Crippen LogP contribution in [0.15, 0.2) is 42.5 Å². The Morgan fingerprint density at radius 1 is 1.09 bits per heavy atom. The summed E-state index contributed by atoms with van der Waals surface area (Å²) in [6, 6.07) is 14.3. The minimum Gasteiger partial charge on any atom is -0.484 e. The summed E-state index contributed by atoms with van der Waals surface area (Å²) in [6.07, 6.45) is 1.35. The van der Waals surface area contributed by atoms with Gasteiger partial charge in [-0.05, 0) is 61.9 Å². The second-order valence-electron chi connectivity index (χ2n) is 8.96. The molecule has 2 aromatic carbocycles. The molecule has 1 heterocycles. The van der Waals surface area contributed by atoms with Gasteiger partial charge in [-0.15, -0.1) is 0 Å². The third-order valence-corrected chi connectivity index (χ3v) is 6.12. The predicted octanol–water partition coefficient (Wildman–Crippen LogP) is 4.76. The van der Waals surface area contributed by atoms with E-state index in [1.165, 1.54) is 11.1 Å². The van der Waals surface area contributed by atoms with Gasteiger partial charge in [0.25, 0.3) is 5.91 Å². The Kier molecular flexibility index (Phi) is 7.94. The fourth-order valence-electron chi connectivity index (χ4n) is 4.34. The first-order valence-electron chi connectivity index (χ1n) is 11.7. The number of rotatable bonds is 8. The van der Waals surface area contributed by atoms with Crippen molar-refractivity contribution in [1.29, 1.82) is 0 Å². The number of ether oxygens (including phenoxy) is 1. The van der Waals surface area contributed by atoms with Crippen molar-refractivity contribution in [1.82, 2.24) is 9.80 Å². The Labute approximate surface area is 192 Å². The van der Waals surface area contributed by atoms with E-state index >= 15 is 0 Å². The maximum Gasteiger partial charge on any atom is 0.260 e. The lowest BCUT2D eigenvalue weighted by Gasteiger charge is -2.38. The Hall–Kier alpha value is -2.82. The molecular formula is C27H36N2O3. The third-order valence-electron chi connectivity index (χ3n) is 6.12. The molecule has 2 amide bonds. The Morgan fingerprint density at radius 2 is 1.78 bits per heavy atom. The number of carbonyl (C=O) groups excluding carboxylic acids is 2. The van der Waals surface area contributed by atoms with E-state index in [1.54, 1.807) is 4.90 Å². The zero-order valence-electron chi connectivity index (χ0n) is 20.1. The van der Waals surface area contributed by atoms with Crippen molar-refractivity contribution in [2.75, 3.05) is 26.2 Å². The molecule has 0 bridgehead atoms. The van der Waals surface area contributed by atoms with Gasteiger partial charge in [0.1, 0.15) is 5.75 Å². The monoisotopic (exact) mass is 436 g/mol. The fraction of sp³-hybridized carbons (Fsp3) is 0.481. The molecule has 172 valence electrons. The van der Waals surface area contributed by atoms with E-state index in [9.17, 15) is 9.59 Å². The summed E-state index contributed by atoms with van der Waals surface area (Å²) < 4.78 is 5.89. The standard InChI is InChI=1S/C27H36N2O3/c1-6-28(7-2)26(31)18-32-23-13-12-21-14-15-29(25(30)16-19(3)4)27(24(21)17-23)22-10-8-20(5)9-11-22/h8-13,17,19,27H,6-7,14-16,18H2,1-5H3. The molecule has 1 aliphatic rings. The summed E-state index contributed by atoms with van der Waals surface area (Å²) in [7, 11) is 0. The number of likely N-dealkylation sites (N-methyl/N-ethyl adjacent to an activating group) is 1. The highest BCUT2D eigenvalue weighted by molar-refractivity contribution is 5.78. The highest BCUT2D eigenvalue weighted by Gasteiger charge is 2.32. The Morgan fingerprint density at radius 3 is 2.41 bits per heavy atom. The van der Waals surface area contributed by atoms with Gasteiger partial charge < -0.3 is 14.5 Å². The summed E-state index contributed by atoms with van der Waals surface area (Å²) in [5.74, 6) is 1.14. The van der Waals surface area contributed by atoms with Crippen molar-refractivity contribution < 1.29 is 14.3 Å². The lowest BCUT2D eigenvalue weighted by atomic mass is 9.87. The number of nitrogens with zero attached hydrogens (tertiary/aromatic N) is 2. The van der Waals surface area contributed by atoms with Crippen molar-refractivity contribution in [3.05, 3.63) is 64.7 Å². The van der Waals surface area contributed by atoms with E-state index in [0.29, 0.717) is 37.7 Å². The van der Waals surface area contributed by atoms with Gasteiger partial charge in [-0.1, -0.05) is 49.7 Å². The first-order valence-corrected chi connectivity index (χ1v) is 11.7. The van der Waals surface area contributed by atoms with Crippen molar-refractivity contribution in [2.24, 2.45) is 5.92 Å². The van der Waals surface area contributed by atoms with Crippen LogP contribution < -0.4 is 4.74 Å². The van der Waals surface area contributed by atoms with Crippen molar-refractivity contribution >= 4 is 11.8 Å². The molecule has 1 aliphatic heterocycles. The lowest BCUT2D eigenvalue weighted by molar-refractivity contribution is -0.134. The molecule has 1 unspecified atom stereocenters. The molecule has 1 atom stereocenters. The number of fused-ring (bicyclic) bond motifs is 1. The molecule has 0 N–H and O–H groups in total. The minimum absolute atomic E-state index is 0.0171. The number of hydrogen-bond donors (Lipinski definition) is 0. The predicted molar refractivity (Wildman–Crippen MR) is 128 cm³/mol. The van der Waals surface area contributed by atoms with Crippen LogP contribution in [0, 0.1) is 12.8 Å². The average Bonchev–Trinajstić information content (AvgIpc) is 2.77. The van der Waals surface area contributed by atoms with Crippen LogP contribution in [-0.4, -0.2) is 47.9 Å². The van der Waals surface area contributed by atoms with E-state index < -0.39 is 0 Å². The van der Waals surface area contributed by atoms with Crippen molar-refractivity contribution in [3.8, 4) is 5.75 Å². The molecule has 0 saturated heterocycles. The molecule has 5 nitrogen and oxygen atoms in total. The summed E-state index contributed by atoms with van der Waals surface area (Å²) in [5.41, 5.74) is 4.61. The fourth-order valence-corrected chi connectivity index (χ4v) is 4.34. The van der Waals surface area contributed by atoms with Crippen LogP contribution >= 0.6 is 0 Å². The SMILES string of the molecule is CCN(CC)C(=O)COc1ccc2c(c1)C(c1ccc(C)cc1)N(C(=O)CC(C)C)CC2. The van der Waals surface area contributed by atoms with E-state index in [4.69, 9.17) is 4.74 Å². The molecule has 0 aromatic heterocycles. The van der Waals surface area contributed by atoms with Gasteiger partial charge in [0.15, 0.2) is 6.61 Å². The molecule has 32 heavy (non-hydrogen) atoms. The zero-order valence-corrected chi connectivity index (χ0v) is 20.1. The molecule has 0 fully saturated rings. The van der Waals surface area contributed by atoms with Crippen LogP contribution in [0.25, 0.3) is 0 Å². The van der Waals surface area contributed by atoms with Gasteiger partial charge in [0.2, 0.25) is 5.91 Å². The molecular weight excluding hydrogens is 400 g/mol. The Bertz CT molecular complexity index is 932. The number of amides is 2. The number of benzene rings is 2. The van der Waals surface area contributed by atoms with Crippen LogP contribution in [0.2, 0.25) is 0 Å². The molecule has 3 rings (SSSR count). The molecule has 0 aliphatic carbocycles. The van der Waals surface area contributed by atoms with Crippen LogP contribution in [-0.2, 0) is 16.0 Å². The second-order valence-corrected chi connectivity index (χ2v) is 8.96. The summed E-state index contributed by atoms with van der Waals surface area (Å²) in [6.45, 7) is 12.2.